The highest BCUT2D eigenvalue weighted by molar-refractivity contribution is 6.31. The molecule has 0 unspecified atom stereocenters. The molecular weight excluding hydrogens is 162 g/mol. The number of rotatable bonds is 1. The van der Waals surface area contributed by atoms with Crippen LogP contribution < -0.4 is 0 Å². The van der Waals surface area contributed by atoms with E-state index in [0.717, 1.165) is 0 Å². The molecule has 0 spiro atoms. The molecule has 11 heavy (non-hydrogen) atoms. The topological polar surface area (TPSA) is 30.0 Å². The average molecular weight is 166 g/mol. The first-order chi connectivity index (χ1) is 5.27. The Morgan fingerprint density at radius 2 is 2.45 bits per heavy atom. The van der Waals surface area contributed by atoms with Crippen LogP contribution in [0, 0.1) is 12.3 Å². The van der Waals surface area contributed by atoms with Gasteiger partial charge in [0.15, 0.2) is 6.29 Å². The average Bonchev–Trinajstić information content (AvgIpc) is 2.04. The van der Waals surface area contributed by atoms with Gasteiger partial charge in [-0.2, -0.15) is 0 Å². The second-order valence-corrected chi connectivity index (χ2v) is 2.27. The van der Waals surface area contributed by atoms with Crippen LogP contribution in [0.2, 0.25) is 5.02 Å². The number of aldehydes is 1. The zero-order valence-corrected chi connectivity index (χ0v) is 6.30. The molecule has 0 aliphatic heterocycles. The van der Waals surface area contributed by atoms with Gasteiger partial charge in [-0.25, -0.2) is 4.98 Å². The van der Waals surface area contributed by atoms with Gasteiger partial charge in [-0.3, -0.25) is 4.79 Å². The lowest BCUT2D eigenvalue weighted by Crippen LogP contribution is -1.87. The van der Waals surface area contributed by atoms with Crippen LogP contribution in [0.1, 0.15) is 16.1 Å². The molecule has 1 heterocycles. The Morgan fingerprint density at radius 1 is 1.73 bits per heavy atom. The molecule has 2 nitrogen and oxygen atoms in total. The molecule has 0 atom stereocenters. The van der Waals surface area contributed by atoms with E-state index >= 15 is 0 Å². The van der Waals surface area contributed by atoms with E-state index in [1.54, 1.807) is 0 Å². The van der Waals surface area contributed by atoms with Crippen molar-refractivity contribution in [1.82, 2.24) is 4.98 Å². The Morgan fingerprint density at radius 3 is 2.91 bits per heavy atom. The number of halogens is 1. The first-order valence-corrected chi connectivity index (χ1v) is 3.23. The molecule has 1 aromatic heterocycles. The van der Waals surface area contributed by atoms with Gasteiger partial charge in [0.05, 0.1) is 5.02 Å². The fraction of sp³-hybridized carbons (Fsp3) is 0. The summed E-state index contributed by atoms with van der Waals surface area (Å²) in [6.07, 6.45) is 7.11. The maximum Gasteiger partial charge on any atom is 0.151 e. The Balaban J connectivity index is 3.22. The van der Waals surface area contributed by atoms with E-state index in [9.17, 15) is 4.79 Å². The van der Waals surface area contributed by atoms with E-state index in [0.29, 0.717) is 22.6 Å². The summed E-state index contributed by atoms with van der Waals surface area (Å²) in [6, 6.07) is 1.48. The highest BCUT2D eigenvalue weighted by Crippen LogP contribution is 2.12. The highest BCUT2D eigenvalue weighted by atomic mass is 35.5. The van der Waals surface area contributed by atoms with E-state index in [4.69, 9.17) is 18.0 Å². The molecule has 0 aliphatic carbocycles. The number of terminal acetylenes is 1. The van der Waals surface area contributed by atoms with Crippen molar-refractivity contribution >= 4 is 17.9 Å². The Labute approximate surface area is 69.2 Å². The van der Waals surface area contributed by atoms with Crippen molar-refractivity contribution in [3.63, 3.8) is 0 Å². The van der Waals surface area contributed by atoms with Crippen molar-refractivity contribution in [2.45, 2.75) is 0 Å². The minimum Gasteiger partial charge on any atom is -0.298 e. The monoisotopic (exact) mass is 165 g/mol. The molecule has 0 aromatic carbocycles. The minimum atomic E-state index is 0.331. The second-order valence-electron chi connectivity index (χ2n) is 1.86. The lowest BCUT2D eigenvalue weighted by molar-refractivity contribution is 0.112. The van der Waals surface area contributed by atoms with Gasteiger partial charge in [-0.15, -0.1) is 6.42 Å². The van der Waals surface area contributed by atoms with Gasteiger partial charge in [0.25, 0.3) is 0 Å². The van der Waals surface area contributed by atoms with Gasteiger partial charge in [0, 0.05) is 11.8 Å². The van der Waals surface area contributed by atoms with E-state index in [1.165, 1.54) is 12.3 Å². The predicted molar refractivity (Wildman–Crippen MR) is 42.6 cm³/mol. The molecule has 54 valence electrons. The molecule has 0 fully saturated rings. The van der Waals surface area contributed by atoms with Crippen molar-refractivity contribution in [3.8, 4) is 12.3 Å². The van der Waals surface area contributed by atoms with Gasteiger partial charge in [0.2, 0.25) is 0 Å². The molecule has 0 saturated carbocycles. The molecule has 1 rings (SSSR count). The predicted octanol–water partition coefficient (Wildman–Crippen LogP) is 1.53. The van der Waals surface area contributed by atoms with E-state index in [1.807, 2.05) is 0 Å². The van der Waals surface area contributed by atoms with E-state index in [-0.39, 0.29) is 0 Å². The zero-order chi connectivity index (χ0) is 8.27. The molecule has 0 amide bonds. The van der Waals surface area contributed by atoms with Crippen LogP contribution in [-0.4, -0.2) is 11.3 Å². The summed E-state index contributed by atoms with van der Waals surface area (Å²) in [5, 5.41) is 0.331. The summed E-state index contributed by atoms with van der Waals surface area (Å²) < 4.78 is 0. The summed E-state index contributed by atoms with van der Waals surface area (Å²) >= 11 is 5.64. The minimum absolute atomic E-state index is 0.331. The van der Waals surface area contributed by atoms with Gasteiger partial charge in [-0.1, -0.05) is 11.6 Å². The summed E-state index contributed by atoms with van der Waals surface area (Å²) in [5.74, 6) is 2.29. The lowest BCUT2D eigenvalue weighted by atomic mass is 10.3. The van der Waals surface area contributed by atoms with Gasteiger partial charge in [-0.05, 0) is 12.0 Å². The molecule has 0 N–H and O–H groups in total. The number of hydrogen-bond acceptors (Lipinski definition) is 2. The molecule has 1 aromatic rings. The quantitative estimate of drug-likeness (QED) is 0.467. The number of pyridine rings is 1. The Hall–Kier alpha value is -1.33. The van der Waals surface area contributed by atoms with Crippen LogP contribution >= 0.6 is 11.6 Å². The van der Waals surface area contributed by atoms with Crippen molar-refractivity contribution in [1.29, 1.82) is 0 Å². The van der Waals surface area contributed by atoms with Gasteiger partial charge in [0.1, 0.15) is 5.69 Å². The number of hydrogen-bond donors (Lipinski definition) is 0. The lowest BCUT2D eigenvalue weighted by Gasteiger charge is -1.94. The number of carbonyl (C=O) groups is 1. The summed E-state index contributed by atoms with van der Waals surface area (Å²) in [5.41, 5.74) is 0.784. The third-order valence-corrected chi connectivity index (χ3v) is 1.42. The fourth-order valence-corrected chi connectivity index (χ4v) is 0.853. The van der Waals surface area contributed by atoms with Crippen molar-refractivity contribution in [2.75, 3.05) is 0 Å². The van der Waals surface area contributed by atoms with Crippen molar-refractivity contribution < 1.29 is 4.79 Å². The third kappa shape index (κ3) is 1.57. The first kappa shape index (κ1) is 7.77. The second kappa shape index (κ2) is 3.18. The summed E-state index contributed by atoms with van der Waals surface area (Å²) in [6.45, 7) is 0. The smallest absolute Gasteiger partial charge is 0.151 e. The molecule has 0 radical (unpaired) electrons. The third-order valence-electron chi connectivity index (χ3n) is 1.14. The summed E-state index contributed by atoms with van der Waals surface area (Å²) in [4.78, 5) is 14.0. The number of nitrogens with zero attached hydrogens (tertiary/aromatic N) is 1. The van der Waals surface area contributed by atoms with Crippen molar-refractivity contribution in [3.05, 3.63) is 28.5 Å². The highest BCUT2D eigenvalue weighted by Gasteiger charge is 1.98. The Bertz CT molecular complexity index is 327. The van der Waals surface area contributed by atoms with Crippen LogP contribution in [0.4, 0.5) is 0 Å². The molecule has 0 saturated heterocycles. The Kier molecular flexibility index (Phi) is 2.25. The standard InChI is InChI=1S/C8H4ClNO/c1-2-8-7(9)3-6(5-11)4-10-8/h1,3-5H. The normalized spacial score (nSPS) is 8.73. The fourth-order valence-electron chi connectivity index (χ4n) is 0.623. The summed E-state index contributed by atoms with van der Waals surface area (Å²) in [7, 11) is 0. The number of carbonyl (C=O) groups excluding carboxylic acids is 1. The zero-order valence-electron chi connectivity index (χ0n) is 5.54. The maximum atomic E-state index is 10.2. The van der Waals surface area contributed by atoms with Gasteiger partial charge < -0.3 is 0 Å². The molecule has 3 heteroatoms. The van der Waals surface area contributed by atoms with Crippen LogP contribution in [0.15, 0.2) is 12.3 Å². The van der Waals surface area contributed by atoms with Gasteiger partial charge >= 0.3 is 0 Å². The number of aromatic nitrogens is 1. The van der Waals surface area contributed by atoms with E-state index in [2.05, 4.69) is 10.9 Å². The SMILES string of the molecule is C#Cc1ncc(C=O)cc1Cl. The largest absolute Gasteiger partial charge is 0.298 e. The van der Waals surface area contributed by atoms with Crippen LogP contribution in [0.3, 0.4) is 0 Å². The van der Waals surface area contributed by atoms with Crippen LogP contribution in [-0.2, 0) is 0 Å². The van der Waals surface area contributed by atoms with Crippen molar-refractivity contribution in [2.24, 2.45) is 0 Å². The molecular formula is C8H4ClNO. The first-order valence-electron chi connectivity index (χ1n) is 2.85. The van der Waals surface area contributed by atoms with Crippen LogP contribution in [0.5, 0.6) is 0 Å². The molecule has 0 aliphatic rings. The van der Waals surface area contributed by atoms with Crippen LogP contribution in [0.25, 0.3) is 0 Å². The molecule has 0 bridgehead atoms. The maximum absolute atomic E-state index is 10.2. The van der Waals surface area contributed by atoms with E-state index < -0.39 is 0 Å².